The molecule has 66 valence electrons. The Kier molecular flexibility index (Phi) is 1.92. The molecule has 1 aromatic rings. The molecule has 2 unspecified atom stereocenters. The summed E-state index contributed by atoms with van der Waals surface area (Å²) in [5.74, 6) is 0.222. The minimum Gasteiger partial charge on any atom is -0.392 e. The molecule has 2 atom stereocenters. The molecule has 1 heterocycles. The molecule has 1 saturated carbocycles. The molecule has 0 bridgehead atoms. The van der Waals surface area contributed by atoms with Crippen LogP contribution >= 0.6 is 15.9 Å². The van der Waals surface area contributed by atoms with Crippen LogP contribution in [0.25, 0.3) is 0 Å². The smallest absolute Gasteiger partial charge is 0.151 e. The number of aromatic nitrogens is 3. The summed E-state index contributed by atoms with van der Waals surface area (Å²) in [6.45, 7) is 0. The molecule has 0 radical (unpaired) electrons. The van der Waals surface area contributed by atoms with E-state index < -0.39 is 0 Å². The number of rotatable bonds is 1. The summed E-state index contributed by atoms with van der Waals surface area (Å²) in [4.78, 5) is 0. The van der Waals surface area contributed by atoms with Crippen LogP contribution in [0.2, 0.25) is 0 Å². The van der Waals surface area contributed by atoms with Gasteiger partial charge in [-0.1, -0.05) is 5.21 Å². The second-order valence-electron chi connectivity index (χ2n) is 3.14. The van der Waals surface area contributed by atoms with Crippen LogP contribution in [0.15, 0.2) is 4.60 Å². The molecule has 1 aromatic heterocycles. The van der Waals surface area contributed by atoms with Crippen molar-refractivity contribution in [3.8, 4) is 0 Å². The summed E-state index contributed by atoms with van der Waals surface area (Å²) < 4.78 is 2.48. The minimum absolute atomic E-state index is 0.210. The Morgan fingerprint density at radius 3 is 2.67 bits per heavy atom. The zero-order chi connectivity index (χ0) is 8.72. The van der Waals surface area contributed by atoms with Gasteiger partial charge >= 0.3 is 0 Å². The van der Waals surface area contributed by atoms with Crippen LogP contribution in [0.5, 0.6) is 0 Å². The first-order chi connectivity index (χ1) is 5.70. The van der Waals surface area contributed by atoms with Crippen LogP contribution in [0.3, 0.4) is 0 Å². The normalized spacial score (nSPS) is 28.6. The number of hydrogen-bond acceptors (Lipinski definition) is 3. The maximum Gasteiger partial charge on any atom is 0.151 e. The molecule has 1 N–H and O–H groups in total. The third kappa shape index (κ3) is 1.08. The van der Waals surface area contributed by atoms with Crippen LogP contribution in [0.4, 0.5) is 0 Å². The van der Waals surface area contributed by atoms with E-state index in [-0.39, 0.29) is 12.0 Å². The van der Waals surface area contributed by atoms with Gasteiger partial charge in [-0.05, 0) is 28.8 Å². The lowest BCUT2D eigenvalue weighted by Gasteiger charge is -2.32. The number of nitrogens with zero attached hydrogens (tertiary/aromatic N) is 3. The molecule has 1 aliphatic rings. The number of aliphatic hydroxyl groups is 1. The first-order valence-electron chi connectivity index (χ1n) is 3.93. The highest BCUT2D eigenvalue weighted by molar-refractivity contribution is 9.10. The molecule has 0 saturated heterocycles. The standard InChI is InChI=1S/C7H10BrN3O/c1-11-6(7(8)9-10-11)4-2-3-5(4)12/h4-5,12H,2-3H2,1H3. The van der Waals surface area contributed by atoms with Crippen molar-refractivity contribution < 1.29 is 5.11 Å². The average Bonchev–Trinajstić information content (AvgIpc) is 2.33. The minimum atomic E-state index is -0.210. The summed E-state index contributed by atoms with van der Waals surface area (Å²) >= 11 is 3.31. The van der Waals surface area contributed by atoms with Gasteiger partial charge in [0, 0.05) is 13.0 Å². The Hall–Kier alpha value is -0.420. The molecule has 4 nitrogen and oxygen atoms in total. The number of aliphatic hydroxyl groups excluding tert-OH is 1. The fraction of sp³-hybridized carbons (Fsp3) is 0.714. The maximum atomic E-state index is 9.44. The van der Waals surface area contributed by atoms with Crippen molar-refractivity contribution >= 4 is 15.9 Å². The van der Waals surface area contributed by atoms with E-state index >= 15 is 0 Å². The van der Waals surface area contributed by atoms with Crippen molar-refractivity contribution in [2.45, 2.75) is 24.9 Å². The van der Waals surface area contributed by atoms with E-state index in [1.54, 1.807) is 4.68 Å². The van der Waals surface area contributed by atoms with E-state index in [9.17, 15) is 5.11 Å². The third-order valence-electron chi connectivity index (χ3n) is 2.42. The fourth-order valence-corrected chi connectivity index (χ4v) is 2.16. The van der Waals surface area contributed by atoms with Crippen LogP contribution in [0.1, 0.15) is 24.5 Å². The number of hydrogen-bond donors (Lipinski definition) is 1. The zero-order valence-corrected chi connectivity index (χ0v) is 8.32. The predicted octanol–water partition coefficient (Wildman–Crippen LogP) is 0.816. The van der Waals surface area contributed by atoms with Gasteiger partial charge in [-0.2, -0.15) is 0 Å². The third-order valence-corrected chi connectivity index (χ3v) is 2.98. The second-order valence-corrected chi connectivity index (χ2v) is 3.89. The second kappa shape index (κ2) is 2.81. The van der Waals surface area contributed by atoms with Gasteiger partial charge < -0.3 is 5.11 Å². The highest BCUT2D eigenvalue weighted by atomic mass is 79.9. The molecule has 1 fully saturated rings. The van der Waals surface area contributed by atoms with Crippen molar-refractivity contribution in [1.29, 1.82) is 0 Å². The van der Waals surface area contributed by atoms with E-state index in [0.29, 0.717) is 0 Å². The summed E-state index contributed by atoms with van der Waals surface area (Å²) in [6.07, 6.45) is 1.71. The summed E-state index contributed by atoms with van der Waals surface area (Å²) in [7, 11) is 1.85. The van der Waals surface area contributed by atoms with Gasteiger partial charge in [-0.3, -0.25) is 4.68 Å². The van der Waals surface area contributed by atoms with Crippen LogP contribution < -0.4 is 0 Å². The van der Waals surface area contributed by atoms with Crippen LogP contribution in [-0.4, -0.2) is 26.2 Å². The molecule has 0 aromatic carbocycles. The monoisotopic (exact) mass is 231 g/mol. The molecule has 2 rings (SSSR count). The highest BCUT2D eigenvalue weighted by Crippen LogP contribution is 2.38. The van der Waals surface area contributed by atoms with Crippen molar-refractivity contribution in [1.82, 2.24) is 15.0 Å². The largest absolute Gasteiger partial charge is 0.392 e. The van der Waals surface area contributed by atoms with E-state index in [1.165, 1.54) is 0 Å². The molecule has 1 aliphatic carbocycles. The summed E-state index contributed by atoms with van der Waals surface area (Å²) in [5, 5.41) is 17.2. The van der Waals surface area contributed by atoms with E-state index in [1.807, 2.05) is 7.05 Å². The zero-order valence-electron chi connectivity index (χ0n) is 6.74. The quantitative estimate of drug-likeness (QED) is 0.779. The SMILES string of the molecule is Cn1nnc(Br)c1C1CCC1O. The van der Waals surface area contributed by atoms with Gasteiger partial charge in [0.25, 0.3) is 0 Å². The lowest BCUT2D eigenvalue weighted by molar-refractivity contribution is 0.0621. The van der Waals surface area contributed by atoms with Crippen LogP contribution in [0, 0.1) is 0 Å². The average molecular weight is 232 g/mol. The summed E-state index contributed by atoms with van der Waals surface area (Å²) in [6, 6.07) is 0. The Morgan fingerprint density at radius 2 is 2.33 bits per heavy atom. The van der Waals surface area contributed by atoms with Gasteiger partial charge in [-0.15, -0.1) is 5.10 Å². The van der Waals surface area contributed by atoms with E-state index in [4.69, 9.17) is 0 Å². The Morgan fingerprint density at radius 1 is 1.58 bits per heavy atom. The Balaban J connectivity index is 2.32. The van der Waals surface area contributed by atoms with Gasteiger partial charge in [0.05, 0.1) is 11.8 Å². The molecule has 12 heavy (non-hydrogen) atoms. The maximum absolute atomic E-state index is 9.44. The van der Waals surface area contributed by atoms with Crippen molar-refractivity contribution in [3.63, 3.8) is 0 Å². The van der Waals surface area contributed by atoms with E-state index in [2.05, 4.69) is 26.2 Å². The highest BCUT2D eigenvalue weighted by Gasteiger charge is 2.34. The van der Waals surface area contributed by atoms with Crippen molar-refractivity contribution in [2.75, 3.05) is 0 Å². The molecule has 0 aliphatic heterocycles. The lowest BCUT2D eigenvalue weighted by atomic mass is 9.80. The molecule has 0 amide bonds. The van der Waals surface area contributed by atoms with Gasteiger partial charge in [0.2, 0.25) is 0 Å². The van der Waals surface area contributed by atoms with Crippen LogP contribution in [-0.2, 0) is 7.05 Å². The predicted molar refractivity (Wildman–Crippen MR) is 46.7 cm³/mol. The van der Waals surface area contributed by atoms with Crippen molar-refractivity contribution in [2.24, 2.45) is 7.05 Å². The topological polar surface area (TPSA) is 50.9 Å². The molecular formula is C7H10BrN3O. The first-order valence-corrected chi connectivity index (χ1v) is 4.72. The first kappa shape index (κ1) is 8.19. The number of halogens is 1. The molecule has 0 spiro atoms. The molecule has 5 heteroatoms. The number of aryl methyl sites for hydroxylation is 1. The van der Waals surface area contributed by atoms with Gasteiger partial charge in [-0.25, -0.2) is 0 Å². The Labute approximate surface area is 78.7 Å². The van der Waals surface area contributed by atoms with Gasteiger partial charge in [0.15, 0.2) is 4.60 Å². The Bertz CT molecular complexity index is 279. The fourth-order valence-electron chi connectivity index (χ4n) is 1.53. The van der Waals surface area contributed by atoms with Gasteiger partial charge in [0.1, 0.15) is 0 Å². The van der Waals surface area contributed by atoms with Crippen molar-refractivity contribution in [3.05, 3.63) is 10.3 Å². The lowest BCUT2D eigenvalue weighted by Crippen LogP contribution is -2.30. The van der Waals surface area contributed by atoms with E-state index in [0.717, 1.165) is 23.1 Å². The molecular weight excluding hydrogens is 222 g/mol. The summed E-state index contributed by atoms with van der Waals surface area (Å²) in [5.41, 5.74) is 1.01.